The van der Waals surface area contributed by atoms with Gasteiger partial charge in [-0.25, -0.2) is 0 Å². The van der Waals surface area contributed by atoms with E-state index >= 15 is 0 Å². The van der Waals surface area contributed by atoms with Crippen molar-refractivity contribution in [3.8, 4) is 0 Å². The lowest BCUT2D eigenvalue weighted by molar-refractivity contribution is -0.139. The first kappa shape index (κ1) is 12.8. The summed E-state index contributed by atoms with van der Waals surface area (Å²) in [5.41, 5.74) is 3.97. The van der Waals surface area contributed by atoms with Crippen molar-refractivity contribution < 1.29 is 14.7 Å². The molecule has 0 aromatic carbocycles. The highest BCUT2D eigenvalue weighted by Crippen LogP contribution is 2.33. The summed E-state index contributed by atoms with van der Waals surface area (Å²) in [4.78, 5) is 22.7. The van der Waals surface area contributed by atoms with E-state index in [1.54, 1.807) is 6.92 Å². The van der Waals surface area contributed by atoms with Gasteiger partial charge in [0.15, 0.2) is 5.78 Å². The summed E-state index contributed by atoms with van der Waals surface area (Å²) in [5.74, 6) is -1.02. The average molecular weight is 246 g/mol. The largest absolute Gasteiger partial charge is 0.481 e. The molecule has 0 heterocycles. The molecule has 1 atom stereocenters. The maximum absolute atomic E-state index is 11.7. The molecule has 1 N–H and O–H groups in total. The standard InChI is InChI=1S/C15H18O3/c1-9-8-11(13-4-3-5-14(13)16)6-7-12(9)10(2)15(17)18/h6-7,10H,3-5,8H2,1-2H3,(H,17,18). The van der Waals surface area contributed by atoms with E-state index in [-0.39, 0.29) is 5.78 Å². The van der Waals surface area contributed by atoms with Gasteiger partial charge in [-0.15, -0.1) is 0 Å². The summed E-state index contributed by atoms with van der Waals surface area (Å²) >= 11 is 0. The molecule has 96 valence electrons. The minimum Gasteiger partial charge on any atom is -0.481 e. The van der Waals surface area contributed by atoms with Gasteiger partial charge in [-0.05, 0) is 49.8 Å². The van der Waals surface area contributed by atoms with Crippen LogP contribution in [0, 0.1) is 5.92 Å². The molecule has 0 saturated heterocycles. The zero-order valence-corrected chi connectivity index (χ0v) is 10.8. The van der Waals surface area contributed by atoms with Gasteiger partial charge in [0.1, 0.15) is 0 Å². The van der Waals surface area contributed by atoms with E-state index in [1.165, 1.54) is 0 Å². The first-order chi connectivity index (χ1) is 8.50. The van der Waals surface area contributed by atoms with E-state index in [0.717, 1.165) is 35.1 Å². The van der Waals surface area contributed by atoms with Crippen LogP contribution in [0.15, 0.2) is 34.4 Å². The molecule has 2 rings (SSSR count). The highest BCUT2D eigenvalue weighted by Gasteiger charge is 2.24. The second kappa shape index (κ2) is 4.92. The van der Waals surface area contributed by atoms with Crippen LogP contribution < -0.4 is 0 Å². The Labute approximate surface area is 107 Å². The van der Waals surface area contributed by atoms with E-state index < -0.39 is 11.9 Å². The van der Waals surface area contributed by atoms with Gasteiger partial charge < -0.3 is 5.11 Å². The number of Topliss-reactive ketones (excluding diaryl/α,β-unsaturated/α-hetero) is 1. The molecule has 0 aromatic heterocycles. The molecule has 3 nitrogen and oxygen atoms in total. The summed E-state index contributed by atoms with van der Waals surface area (Å²) in [7, 11) is 0. The van der Waals surface area contributed by atoms with E-state index in [4.69, 9.17) is 5.11 Å². The second-order valence-electron chi connectivity index (χ2n) is 5.09. The lowest BCUT2D eigenvalue weighted by Crippen LogP contribution is -2.14. The van der Waals surface area contributed by atoms with Crippen LogP contribution in [0.3, 0.4) is 0 Å². The number of carbonyl (C=O) groups is 2. The van der Waals surface area contributed by atoms with Crippen molar-refractivity contribution in [2.24, 2.45) is 5.92 Å². The number of carboxylic acids is 1. The quantitative estimate of drug-likeness (QED) is 0.762. The first-order valence-electron chi connectivity index (χ1n) is 6.36. The number of rotatable bonds is 2. The number of carboxylic acid groups (broad SMARTS) is 1. The number of allylic oxidation sites excluding steroid dienone is 5. The fourth-order valence-corrected chi connectivity index (χ4v) is 2.69. The van der Waals surface area contributed by atoms with Crippen molar-refractivity contribution in [1.29, 1.82) is 0 Å². The summed E-state index contributed by atoms with van der Waals surface area (Å²) < 4.78 is 0. The Morgan fingerprint density at radius 1 is 1.33 bits per heavy atom. The molecule has 1 saturated carbocycles. The predicted molar refractivity (Wildman–Crippen MR) is 69.1 cm³/mol. The molecule has 1 fully saturated rings. The zero-order chi connectivity index (χ0) is 13.3. The van der Waals surface area contributed by atoms with Gasteiger partial charge >= 0.3 is 5.97 Å². The van der Waals surface area contributed by atoms with E-state index in [2.05, 4.69) is 0 Å². The van der Waals surface area contributed by atoms with Gasteiger partial charge in [0.2, 0.25) is 0 Å². The molecule has 0 aliphatic heterocycles. The lowest BCUT2D eigenvalue weighted by atomic mass is 9.86. The van der Waals surface area contributed by atoms with Crippen LogP contribution in [0.2, 0.25) is 0 Å². The molecule has 1 unspecified atom stereocenters. The number of carbonyl (C=O) groups excluding carboxylic acids is 1. The Bertz CT molecular complexity index is 492. The van der Waals surface area contributed by atoms with Crippen molar-refractivity contribution in [3.05, 3.63) is 34.4 Å². The summed E-state index contributed by atoms with van der Waals surface area (Å²) in [6.07, 6.45) is 6.99. The van der Waals surface area contributed by atoms with Crippen LogP contribution in [0.4, 0.5) is 0 Å². The molecule has 0 aromatic rings. The van der Waals surface area contributed by atoms with Crippen molar-refractivity contribution in [1.82, 2.24) is 0 Å². The van der Waals surface area contributed by atoms with Crippen molar-refractivity contribution in [3.63, 3.8) is 0 Å². The molecule has 2 aliphatic carbocycles. The molecular formula is C15H18O3. The number of aliphatic carboxylic acids is 1. The normalized spacial score (nSPS) is 25.8. The van der Waals surface area contributed by atoms with Gasteiger partial charge in [-0.2, -0.15) is 0 Å². The third-order valence-electron chi connectivity index (χ3n) is 3.80. The van der Waals surface area contributed by atoms with Crippen LogP contribution >= 0.6 is 0 Å². The van der Waals surface area contributed by atoms with E-state index in [9.17, 15) is 9.59 Å². The minimum absolute atomic E-state index is 0.261. The molecule has 0 amide bonds. The van der Waals surface area contributed by atoms with Gasteiger partial charge in [0.25, 0.3) is 0 Å². The molecule has 3 heteroatoms. The Balaban J connectivity index is 2.27. The van der Waals surface area contributed by atoms with Gasteiger partial charge in [-0.1, -0.05) is 17.7 Å². The van der Waals surface area contributed by atoms with Crippen LogP contribution in [0.1, 0.15) is 39.5 Å². The summed E-state index contributed by atoms with van der Waals surface area (Å²) in [6, 6.07) is 0. The Kier molecular flexibility index (Phi) is 3.50. The van der Waals surface area contributed by atoms with E-state index in [0.29, 0.717) is 12.8 Å². The van der Waals surface area contributed by atoms with Crippen LogP contribution in [-0.2, 0) is 9.59 Å². The maximum atomic E-state index is 11.7. The zero-order valence-electron chi connectivity index (χ0n) is 10.8. The Morgan fingerprint density at radius 3 is 2.56 bits per heavy atom. The molecule has 0 spiro atoms. The molecule has 0 bridgehead atoms. The fourth-order valence-electron chi connectivity index (χ4n) is 2.69. The van der Waals surface area contributed by atoms with Crippen molar-refractivity contribution in [2.75, 3.05) is 0 Å². The molecule has 2 aliphatic rings. The smallest absolute Gasteiger partial charge is 0.310 e. The minimum atomic E-state index is -0.804. The fraction of sp³-hybridized carbons (Fsp3) is 0.467. The van der Waals surface area contributed by atoms with Gasteiger partial charge in [-0.3, -0.25) is 9.59 Å². The van der Waals surface area contributed by atoms with Crippen molar-refractivity contribution in [2.45, 2.75) is 39.5 Å². The highest BCUT2D eigenvalue weighted by molar-refractivity contribution is 5.98. The third-order valence-corrected chi connectivity index (χ3v) is 3.80. The van der Waals surface area contributed by atoms with Crippen LogP contribution in [0.25, 0.3) is 0 Å². The van der Waals surface area contributed by atoms with Gasteiger partial charge in [0, 0.05) is 6.42 Å². The SMILES string of the molecule is CC1=C(C(C)C(=O)O)C=CC(=C2CCCC2=O)C1. The summed E-state index contributed by atoms with van der Waals surface area (Å²) in [6.45, 7) is 3.66. The predicted octanol–water partition coefficient (Wildman–Crippen LogP) is 3.03. The number of hydrogen-bond acceptors (Lipinski definition) is 2. The first-order valence-corrected chi connectivity index (χ1v) is 6.36. The van der Waals surface area contributed by atoms with Crippen molar-refractivity contribution >= 4 is 11.8 Å². The van der Waals surface area contributed by atoms with Crippen LogP contribution in [-0.4, -0.2) is 16.9 Å². The average Bonchev–Trinajstić information content (AvgIpc) is 2.74. The lowest BCUT2D eigenvalue weighted by Gasteiger charge is -2.19. The second-order valence-corrected chi connectivity index (χ2v) is 5.09. The third kappa shape index (κ3) is 2.30. The van der Waals surface area contributed by atoms with E-state index in [1.807, 2.05) is 19.1 Å². The highest BCUT2D eigenvalue weighted by atomic mass is 16.4. The Hall–Kier alpha value is -1.64. The topological polar surface area (TPSA) is 54.4 Å². The molecule has 18 heavy (non-hydrogen) atoms. The monoisotopic (exact) mass is 246 g/mol. The maximum Gasteiger partial charge on any atom is 0.310 e. The Morgan fingerprint density at radius 2 is 2.06 bits per heavy atom. The summed E-state index contributed by atoms with van der Waals surface area (Å²) in [5, 5.41) is 9.04. The molecule has 0 radical (unpaired) electrons. The van der Waals surface area contributed by atoms with Crippen LogP contribution in [0.5, 0.6) is 0 Å². The number of hydrogen-bond donors (Lipinski definition) is 1. The van der Waals surface area contributed by atoms with Gasteiger partial charge in [0.05, 0.1) is 5.92 Å². The molecular weight excluding hydrogens is 228 g/mol. The number of ketones is 1.